The van der Waals surface area contributed by atoms with Crippen molar-refractivity contribution in [2.75, 3.05) is 31.6 Å². The van der Waals surface area contributed by atoms with Gasteiger partial charge in [0.15, 0.2) is 16.7 Å². The van der Waals surface area contributed by atoms with E-state index in [1.165, 1.54) is 13.3 Å². The zero-order valence-electron chi connectivity index (χ0n) is 11.0. The molecule has 0 amide bonds. The molecule has 1 atom stereocenters. The third-order valence-corrected chi connectivity index (χ3v) is 3.41. The summed E-state index contributed by atoms with van der Waals surface area (Å²) in [5.41, 5.74) is 0.124. The lowest BCUT2D eigenvalue weighted by Crippen LogP contribution is -2.50. The van der Waals surface area contributed by atoms with Gasteiger partial charge in [-0.15, -0.1) is 0 Å². The van der Waals surface area contributed by atoms with Gasteiger partial charge >= 0.3 is 5.97 Å². The van der Waals surface area contributed by atoms with Crippen molar-refractivity contribution in [2.45, 2.75) is 19.4 Å². The Balaban J connectivity index is 2.18. The number of piperazine rings is 1. The molecule has 1 fully saturated rings. The second-order valence-corrected chi connectivity index (χ2v) is 4.72. The molecule has 1 N–H and O–H groups in total. The molecule has 1 aliphatic rings. The van der Waals surface area contributed by atoms with Crippen LogP contribution in [0.5, 0.6) is 0 Å². The van der Waals surface area contributed by atoms with Crippen LogP contribution in [0.15, 0.2) is 6.20 Å². The van der Waals surface area contributed by atoms with Crippen molar-refractivity contribution in [1.82, 2.24) is 15.3 Å². The third-order valence-electron chi connectivity index (χ3n) is 3.15. The summed E-state index contributed by atoms with van der Waals surface area (Å²) in [4.78, 5) is 21.7. The maximum absolute atomic E-state index is 11.3. The van der Waals surface area contributed by atoms with E-state index < -0.39 is 5.97 Å². The summed E-state index contributed by atoms with van der Waals surface area (Å²) >= 11 is 6.11. The summed E-state index contributed by atoms with van der Waals surface area (Å²) in [6, 6.07) is 0.423. The van der Waals surface area contributed by atoms with Gasteiger partial charge in [-0.2, -0.15) is 0 Å². The van der Waals surface area contributed by atoms with E-state index in [1.807, 2.05) is 0 Å². The number of esters is 1. The Labute approximate surface area is 117 Å². The summed E-state index contributed by atoms with van der Waals surface area (Å²) in [5.74, 6) is 0.0852. The highest BCUT2D eigenvalue weighted by Gasteiger charge is 2.22. The van der Waals surface area contributed by atoms with Crippen LogP contribution in [0.25, 0.3) is 0 Å². The molecule has 0 unspecified atom stereocenters. The average Bonchev–Trinajstić information content (AvgIpc) is 2.46. The molecular weight excluding hydrogens is 268 g/mol. The second-order valence-electron chi connectivity index (χ2n) is 4.37. The maximum atomic E-state index is 11.3. The van der Waals surface area contributed by atoms with E-state index in [-0.39, 0.29) is 10.8 Å². The minimum atomic E-state index is -0.535. The Morgan fingerprint density at radius 1 is 1.68 bits per heavy atom. The van der Waals surface area contributed by atoms with E-state index in [9.17, 15) is 4.79 Å². The number of nitrogens with zero attached hydrogens (tertiary/aromatic N) is 3. The van der Waals surface area contributed by atoms with E-state index in [0.29, 0.717) is 11.9 Å². The highest BCUT2D eigenvalue weighted by atomic mass is 35.5. The molecule has 1 aliphatic heterocycles. The fourth-order valence-electron chi connectivity index (χ4n) is 2.07. The molecule has 7 heteroatoms. The van der Waals surface area contributed by atoms with Gasteiger partial charge in [0.25, 0.3) is 0 Å². The molecule has 0 radical (unpaired) electrons. The molecule has 1 aromatic heterocycles. The highest BCUT2D eigenvalue weighted by Crippen LogP contribution is 2.22. The first-order valence-electron chi connectivity index (χ1n) is 6.25. The minimum Gasteiger partial charge on any atom is -0.464 e. The zero-order valence-corrected chi connectivity index (χ0v) is 11.8. The number of hydrogen-bond donors (Lipinski definition) is 1. The molecule has 6 nitrogen and oxygen atoms in total. The molecule has 1 aromatic rings. The van der Waals surface area contributed by atoms with Gasteiger partial charge in [-0.1, -0.05) is 18.5 Å². The Morgan fingerprint density at radius 2 is 2.47 bits per heavy atom. The summed E-state index contributed by atoms with van der Waals surface area (Å²) in [5, 5.41) is 3.66. The normalized spacial score (nSPS) is 19.3. The van der Waals surface area contributed by atoms with Gasteiger partial charge in [0.1, 0.15) is 0 Å². The Kier molecular flexibility index (Phi) is 4.55. The summed E-state index contributed by atoms with van der Waals surface area (Å²) in [7, 11) is 1.30. The van der Waals surface area contributed by atoms with Gasteiger partial charge in [-0.3, -0.25) is 0 Å². The Bertz CT molecular complexity index is 469. The Hall–Kier alpha value is -1.40. The number of nitrogens with one attached hydrogen (secondary N) is 1. The first-order chi connectivity index (χ1) is 9.15. The predicted molar refractivity (Wildman–Crippen MR) is 72.7 cm³/mol. The van der Waals surface area contributed by atoms with Crippen LogP contribution in [0.4, 0.5) is 5.82 Å². The molecule has 0 spiro atoms. The van der Waals surface area contributed by atoms with Crippen LogP contribution >= 0.6 is 11.6 Å². The molecule has 0 aliphatic carbocycles. The lowest BCUT2D eigenvalue weighted by Gasteiger charge is -2.34. The minimum absolute atomic E-state index is 0.124. The number of carbonyl (C=O) groups is 1. The number of halogens is 1. The van der Waals surface area contributed by atoms with Crippen LogP contribution < -0.4 is 10.2 Å². The first kappa shape index (κ1) is 14.0. The zero-order chi connectivity index (χ0) is 13.8. The fourth-order valence-corrected chi connectivity index (χ4v) is 2.33. The van der Waals surface area contributed by atoms with Crippen molar-refractivity contribution in [1.29, 1.82) is 0 Å². The molecular formula is C12H17ClN4O2. The highest BCUT2D eigenvalue weighted by molar-refractivity contribution is 6.31. The molecule has 104 valence electrons. The molecule has 2 heterocycles. The quantitative estimate of drug-likeness (QED) is 0.839. The lowest BCUT2D eigenvalue weighted by atomic mass is 10.1. The van der Waals surface area contributed by atoms with Gasteiger partial charge in [0, 0.05) is 25.7 Å². The van der Waals surface area contributed by atoms with Crippen LogP contribution in [-0.4, -0.2) is 48.7 Å². The monoisotopic (exact) mass is 284 g/mol. The summed E-state index contributed by atoms with van der Waals surface area (Å²) < 4.78 is 4.59. The van der Waals surface area contributed by atoms with E-state index in [1.54, 1.807) is 0 Å². The van der Waals surface area contributed by atoms with Crippen LogP contribution in [-0.2, 0) is 4.74 Å². The van der Waals surface area contributed by atoms with Crippen molar-refractivity contribution in [3.8, 4) is 0 Å². The second kappa shape index (κ2) is 6.16. The molecule has 0 bridgehead atoms. The van der Waals surface area contributed by atoms with E-state index in [4.69, 9.17) is 11.6 Å². The predicted octanol–water partition coefficient (Wildman–Crippen LogP) is 1.10. The largest absolute Gasteiger partial charge is 0.464 e. The third kappa shape index (κ3) is 3.13. The van der Waals surface area contributed by atoms with Crippen molar-refractivity contribution in [3.63, 3.8) is 0 Å². The van der Waals surface area contributed by atoms with Crippen LogP contribution in [0, 0.1) is 0 Å². The smallest absolute Gasteiger partial charge is 0.358 e. The summed E-state index contributed by atoms with van der Waals surface area (Å²) in [6.07, 6.45) is 2.44. The van der Waals surface area contributed by atoms with E-state index in [0.717, 1.165) is 26.1 Å². The number of aromatic nitrogens is 2. The van der Waals surface area contributed by atoms with Crippen LogP contribution in [0.1, 0.15) is 23.8 Å². The average molecular weight is 285 g/mol. The number of methoxy groups -OCH3 is 1. The summed E-state index contributed by atoms with van der Waals surface area (Å²) in [6.45, 7) is 4.68. The first-order valence-corrected chi connectivity index (χ1v) is 6.62. The van der Waals surface area contributed by atoms with Crippen molar-refractivity contribution in [2.24, 2.45) is 0 Å². The number of carbonyl (C=O) groups excluding carboxylic acids is 1. The molecule has 1 saturated heterocycles. The maximum Gasteiger partial charge on any atom is 0.358 e. The van der Waals surface area contributed by atoms with Crippen LogP contribution in [0.3, 0.4) is 0 Å². The number of ether oxygens (including phenoxy) is 1. The van der Waals surface area contributed by atoms with Crippen molar-refractivity contribution < 1.29 is 9.53 Å². The molecule has 0 aromatic carbocycles. The van der Waals surface area contributed by atoms with Gasteiger partial charge in [-0.25, -0.2) is 14.8 Å². The van der Waals surface area contributed by atoms with Gasteiger partial charge in [0.05, 0.1) is 13.3 Å². The SMILES string of the molecule is CC[C@H]1CN(c2ncc(C(=O)OC)nc2Cl)CCN1. The van der Waals surface area contributed by atoms with Crippen LogP contribution in [0.2, 0.25) is 5.15 Å². The molecule has 19 heavy (non-hydrogen) atoms. The van der Waals surface area contributed by atoms with E-state index >= 15 is 0 Å². The van der Waals surface area contributed by atoms with E-state index in [2.05, 4.69) is 31.8 Å². The Morgan fingerprint density at radius 3 is 3.11 bits per heavy atom. The molecule has 0 saturated carbocycles. The van der Waals surface area contributed by atoms with Crippen molar-refractivity contribution in [3.05, 3.63) is 17.0 Å². The lowest BCUT2D eigenvalue weighted by molar-refractivity contribution is 0.0593. The fraction of sp³-hybridized carbons (Fsp3) is 0.583. The van der Waals surface area contributed by atoms with Gasteiger partial charge < -0.3 is 15.0 Å². The number of hydrogen-bond acceptors (Lipinski definition) is 6. The number of anilines is 1. The standard InChI is InChI=1S/C12H17ClN4O2/c1-3-8-7-17(5-4-14-8)11-10(13)16-9(6-15-11)12(18)19-2/h6,8,14H,3-5,7H2,1-2H3/t8-/m0/s1. The topological polar surface area (TPSA) is 67.4 Å². The number of rotatable bonds is 3. The van der Waals surface area contributed by atoms with Crippen molar-refractivity contribution >= 4 is 23.4 Å². The molecule has 2 rings (SSSR count). The van der Waals surface area contributed by atoms with Gasteiger partial charge in [-0.05, 0) is 6.42 Å². The van der Waals surface area contributed by atoms with Gasteiger partial charge in [0.2, 0.25) is 0 Å².